The summed E-state index contributed by atoms with van der Waals surface area (Å²) in [6.07, 6.45) is 0.685. The standard InChI is InChI=1S/C26H30N6O4/c1-3-21(33)28-14-18(8-13-22(34)35)32-26-23(25(27)29-15-30-26)24(31-32)17-6-11-20(12-7-17)36-19-9-4-16(2)5-10-19/h4-7,9-12,15,18,22,34-35H,3,8,13-14H2,1-2H3,(H,28,33)(H2,27,29,30). The molecule has 5 N–H and O–H groups in total. The Morgan fingerprint density at radius 2 is 1.72 bits per heavy atom. The molecule has 0 aliphatic carbocycles. The molecule has 36 heavy (non-hydrogen) atoms. The average molecular weight is 491 g/mol. The number of aliphatic hydroxyl groups excluding tert-OH is 1. The van der Waals surface area contributed by atoms with E-state index in [0.717, 1.165) is 16.9 Å². The number of nitrogens with one attached hydrogen (secondary N) is 1. The van der Waals surface area contributed by atoms with Gasteiger partial charge in [-0.05, 0) is 49.7 Å². The van der Waals surface area contributed by atoms with Crippen LogP contribution in [0.5, 0.6) is 11.5 Å². The van der Waals surface area contributed by atoms with Gasteiger partial charge in [-0.1, -0.05) is 24.6 Å². The molecular weight excluding hydrogens is 460 g/mol. The predicted octanol–water partition coefficient (Wildman–Crippen LogP) is 3.33. The van der Waals surface area contributed by atoms with Gasteiger partial charge in [0.05, 0.1) is 11.4 Å². The van der Waals surface area contributed by atoms with Crippen molar-refractivity contribution in [3.63, 3.8) is 0 Å². The molecule has 0 saturated carbocycles. The minimum atomic E-state index is -1.48. The molecule has 4 aromatic rings. The number of amides is 1. The second-order valence-electron chi connectivity index (χ2n) is 8.56. The van der Waals surface area contributed by atoms with Gasteiger partial charge in [0.2, 0.25) is 5.91 Å². The second kappa shape index (κ2) is 11.1. The highest BCUT2D eigenvalue weighted by Gasteiger charge is 2.23. The van der Waals surface area contributed by atoms with Gasteiger partial charge in [0.25, 0.3) is 0 Å². The number of benzene rings is 2. The number of ether oxygens (including phenoxy) is 1. The van der Waals surface area contributed by atoms with Crippen LogP contribution < -0.4 is 15.8 Å². The molecule has 1 atom stereocenters. The maximum atomic E-state index is 11.9. The van der Waals surface area contributed by atoms with Crippen LogP contribution in [-0.4, -0.2) is 48.7 Å². The summed E-state index contributed by atoms with van der Waals surface area (Å²) in [6.45, 7) is 4.04. The summed E-state index contributed by atoms with van der Waals surface area (Å²) in [5.41, 5.74) is 9.27. The van der Waals surface area contributed by atoms with E-state index in [2.05, 4.69) is 15.3 Å². The lowest BCUT2D eigenvalue weighted by molar-refractivity contribution is -0.120. The lowest BCUT2D eigenvalue weighted by Gasteiger charge is -2.19. The third-order valence-electron chi connectivity index (χ3n) is 5.86. The predicted molar refractivity (Wildman–Crippen MR) is 136 cm³/mol. The number of aryl methyl sites for hydroxylation is 1. The summed E-state index contributed by atoms with van der Waals surface area (Å²) in [7, 11) is 0. The van der Waals surface area contributed by atoms with Crippen molar-refractivity contribution < 1.29 is 19.7 Å². The number of fused-ring (bicyclic) bond motifs is 1. The first-order valence-corrected chi connectivity index (χ1v) is 11.8. The molecule has 2 heterocycles. The first-order chi connectivity index (χ1) is 17.4. The topological polar surface area (TPSA) is 148 Å². The first kappa shape index (κ1) is 25.1. The number of carbonyl (C=O) groups excluding carboxylic acids is 1. The summed E-state index contributed by atoms with van der Waals surface area (Å²) in [6, 6.07) is 14.9. The van der Waals surface area contributed by atoms with Crippen LogP contribution in [0.2, 0.25) is 0 Å². The molecule has 2 aromatic heterocycles. The van der Waals surface area contributed by atoms with Gasteiger partial charge < -0.3 is 26.0 Å². The minimum absolute atomic E-state index is 0.106. The molecule has 10 heteroatoms. The quantitative estimate of drug-likeness (QED) is 0.247. The first-order valence-electron chi connectivity index (χ1n) is 11.8. The summed E-state index contributed by atoms with van der Waals surface area (Å²) in [5.74, 6) is 1.58. The van der Waals surface area contributed by atoms with E-state index in [4.69, 9.17) is 15.6 Å². The number of hydrogen-bond acceptors (Lipinski definition) is 8. The maximum Gasteiger partial charge on any atom is 0.219 e. The van der Waals surface area contributed by atoms with Gasteiger partial charge in [-0.2, -0.15) is 5.10 Å². The molecule has 2 aromatic carbocycles. The number of rotatable bonds is 10. The van der Waals surface area contributed by atoms with Gasteiger partial charge in [-0.3, -0.25) is 4.79 Å². The molecule has 0 bridgehead atoms. The van der Waals surface area contributed by atoms with E-state index in [-0.39, 0.29) is 30.7 Å². The Balaban J connectivity index is 1.68. The van der Waals surface area contributed by atoms with Gasteiger partial charge >= 0.3 is 0 Å². The number of aliphatic hydroxyl groups is 2. The molecule has 0 aliphatic heterocycles. The van der Waals surface area contributed by atoms with Crippen LogP contribution in [0.15, 0.2) is 54.9 Å². The summed E-state index contributed by atoms with van der Waals surface area (Å²) in [4.78, 5) is 20.5. The van der Waals surface area contributed by atoms with Crippen LogP contribution in [0.1, 0.15) is 37.8 Å². The van der Waals surface area contributed by atoms with Crippen LogP contribution in [-0.2, 0) is 4.79 Å². The molecule has 1 unspecified atom stereocenters. The second-order valence-corrected chi connectivity index (χ2v) is 8.56. The smallest absolute Gasteiger partial charge is 0.219 e. The zero-order valence-corrected chi connectivity index (χ0v) is 20.3. The van der Waals surface area contributed by atoms with Gasteiger partial charge in [0, 0.05) is 24.9 Å². The van der Waals surface area contributed by atoms with E-state index in [1.807, 2.05) is 55.5 Å². The Kier molecular flexibility index (Phi) is 7.77. The third-order valence-corrected chi connectivity index (χ3v) is 5.86. The minimum Gasteiger partial charge on any atom is -0.457 e. The molecule has 0 saturated heterocycles. The Hall–Kier alpha value is -4.02. The summed E-state index contributed by atoms with van der Waals surface area (Å²) >= 11 is 0. The summed E-state index contributed by atoms with van der Waals surface area (Å²) < 4.78 is 7.61. The van der Waals surface area contributed by atoms with Crippen LogP contribution in [0.4, 0.5) is 5.82 Å². The highest BCUT2D eigenvalue weighted by molar-refractivity contribution is 5.98. The van der Waals surface area contributed by atoms with Crippen molar-refractivity contribution in [1.29, 1.82) is 0 Å². The van der Waals surface area contributed by atoms with Crippen molar-refractivity contribution in [3.8, 4) is 22.8 Å². The Morgan fingerprint density at radius 3 is 2.36 bits per heavy atom. The van der Waals surface area contributed by atoms with Crippen molar-refractivity contribution in [3.05, 3.63) is 60.4 Å². The van der Waals surface area contributed by atoms with Crippen molar-refractivity contribution in [1.82, 2.24) is 25.1 Å². The molecule has 10 nitrogen and oxygen atoms in total. The molecule has 188 valence electrons. The molecule has 0 radical (unpaired) electrons. The van der Waals surface area contributed by atoms with E-state index < -0.39 is 6.29 Å². The average Bonchev–Trinajstić information content (AvgIpc) is 3.26. The number of carbonyl (C=O) groups is 1. The number of aromatic nitrogens is 4. The van der Waals surface area contributed by atoms with E-state index in [9.17, 15) is 15.0 Å². The monoisotopic (exact) mass is 490 g/mol. The van der Waals surface area contributed by atoms with Crippen molar-refractivity contribution in [2.24, 2.45) is 0 Å². The highest BCUT2D eigenvalue weighted by atomic mass is 16.5. The fourth-order valence-electron chi connectivity index (χ4n) is 3.88. The molecule has 1 amide bonds. The molecular formula is C26H30N6O4. The number of nitrogen functional groups attached to an aromatic ring is 1. The Bertz CT molecular complexity index is 1320. The maximum absolute atomic E-state index is 11.9. The van der Waals surface area contributed by atoms with Crippen molar-refractivity contribution in [2.75, 3.05) is 12.3 Å². The van der Waals surface area contributed by atoms with Gasteiger partial charge in [-0.25, -0.2) is 14.6 Å². The molecule has 0 spiro atoms. The SMILES string of the molecule is CCC(=O)NCC(CCC(O)O)n1nc(-c2ccc(Oc3ccc(C)cc3)cc2)c2c(N)ncnc21. The van der Waals surface area contributed by atoms with Crippen LogP contribution in [0.3, 0.4) is 0 Å². The van der Waals surface area contributed by atoms with Crippen LogP contribution in [0.25, 0.3) is 22.3 Å². The van der Waals surface area contributed by atoms with Gasteiger partial charge in [0.15, 0.2) is 11.9 Å². The van der Waals surface area contributed by atoms with Crippen molar-refractivity contribution >= 4 is 22.8 Å². The Morgan fingerprint density at radius 1 is 1.06 bits per heavy atom. The number of nitrogens with zero attached hydrogens (tertiary/aromatic N) is 4. The number of hydrogen-bond donors (Lipinski definition) is 4. The third kappa shape index (κ3) is 5.78. The van der Waals surface area contributed by atoms with Gasteiger partial charge in [0.1, 0.15) is 29.3 Å². The fraction of sp³-hybridized carbons (Fsp3) is 0.308. The van der Waals surface area contributed by atoms with E-state index in [1.54, 1.807) is 11.6 Å². The number of nitrogens with two attached hydrogens (primary N) is 1. The zero-order valence-electron chi connectivity index (χ0n) is 20.3. The largest absolute Gasteiger partial charge is 0.457 e. The van der Waals surface area contributed by atoms with E-state index >= 15 is 0 Å². The number of anilines is 1. The van der Waals surface area contributed by atoms with Crippen LogP contribution in [0, 0.1) is 6.92 Å². The Labute approximate surface area is 208 Å². The van der Waals surface area contributed by atoms with Crippen LogP contribution >= 0.6 is 0 Å². The normalized spacial score (nSPS) is 12.1. The zero-order chi connectivity index (χ0) is 25.7. The van der Waals surface area contributed by atoms with Gasteiger partial charge in [-0.15, -0.1) is 0 Å². The molecule has 0 fully saturated rings. The van der Waals surface area contributed by atoms with E-state index in [1.165, 1.54) is 6.33 Å². The summed E-state index contributed by atoms with van der Waals surface area (Å²) in [5, 5.41) is 27.1. The molecule has 4 rings (SSSR count). The highest BCUT2D eigenvalue weighted by Crippen LogP contribution is 2.34. The lowest BCUT2D eigenvalue weighted by atomic mass is 10.1. The van der Waals surface area contributed by atoms with Crippen molar-refractivity contribution in [2.45, 2.75) is 45.4 Å². The molecule has 0 aliphatic rings. The van der Waals surface area contributed by atoms with E-state index in [0.29, 0.717) is 35.3 Å². The lowest BCUT2D eigenvalue weighted by Crippen LogP contribution is -2.31. The fourth-order valence-corrected chi connectivity index (χ4v) is 3.88.